The Balaban J connectivity index is 2.30. The van der Waals surface area contributed by atoms with E-state index in [4.69, 9.17) is 0 Å². The van der Waals surface area contributed by atoms with Gasteiger partial charge in [-0.1, -0.05) is 0 Å². The lowest BCUT2D eigenvalue weighted by Crippen LogP contribution is -2.41. The molecule has 0 atom stereocenters. The van der Waals surface area contributed by atoms with E-state index in [1.807, 2.05) is 0 Å². The van der Waals surface area contributed by atoms with Gasteiger partial charge in [0.25, 0.3) is 5.56 Å². The fraction of sp³-hybridized carbons (Fsp3) is 0.429. The molecule has 0 saturated carbocycles. The molecule has 2 rings (SSSR count). The second kappa shape index (κ2) is 2.47. The van der Waals surface area contributed by atoms with E-state index in [0.717, 1.165) is 18.8 Å². The van der Waals surface area contributed by atoms with Crippen molar-refractivity contribution in [2.75, 3.05) is 13.1 Å². The molecular weight excluding hydrogens is 142 g/mol. The van der Waals surface area contributed by atoms with Gasteiger partial charge in [0, 0.05) is 30.9 Å². The van der Waals surface area contributed by atoms with Crippen molar-refractivity contribution in [1.29, 1.82) is 0 Å². The smallest absolute Gasteiger partial charge is 0.266 e. The van der Waals surface area contributed by atoms with Gasteiger partial charge in [0.15, 0.2) is 0 Å². The predicted molar refractivity (Wildman–Crippen MR) is 40.5 cm³/mol. The fourth-order valence-corrected chi connectivity index (χ4v) is 1.11. The van der Waals surface area contributed by atoms with Gasteiger partial charge in [-0.15, -0.1) is 0 Å². The topological polar surface area (TPSA) is 57.8 Å². The van der Waals surface area contributed by atoms with E-state index >= 15 is 0 Å². The quantitative estimate of drug-likeness (QED) is 0.566. The van der Waals surface area contributed by atoms with E-state index in [1.165, 1.54) is 6.20 Å². The lowest BCUT2D eigenvalue weighted by atomic mass is 10.0. The van der Waals surface area contributed by atoms with Crippen molar-refractivity contribution < 1.29 is 0 Å². The second-order valence-electron chi connectivity index (χ2n) is 2.71. The molecule has 1 fully saturated rings. The molecule has 0 aliphatic carbocycles. The summed E-state index contributed by atoms with van der Waals surface area (Å²) >= 11 is 0. The molecule has 11 heavy (non-hydrogen) atoms. The monoisotopic (exact) mass is 151 g/mol. The van der Waals surface area contributed by atoms with Gasteiger partial charge in [-0.25, -0.2) is 0 Å². The Labute approximate surface area is 63.7 Å². The third-order valence-electron chi connectivity index (χ3n) is 1.89. The summed E-state index contributed by atoms with van der Waals surface area (Å²) in [6.45, 7) is 1.89. The van der Waals surface area contributed by atoms with Crippen LogP contribution in [0.4, 0.5) is 0 Å². The van der Waals surface area contributed by atoms with Crippen LogP contribution in [0, 0.1) is 0 Å². The van der Waals surface area contributed by atoms with Crippen molar-refractivity contribution in [1.82, 2.24) is 15.3 Å². The maximum absolute atomic E-state index is 10.8. The fourth-order valence-electron chi connectivity index (χ4n) is 1.11. The Morgan fingerprint density at radius 3 is 2.82 bits per heavy atom. The third-order valence-corrected chi connectivity index (χ3v) is 1.89. The summed E-state index contributed by atoms with van der Waals surface area (Å²) in [5, 5.41) is 3.13. The Morgan fingerprint density at radius 1 is 1.45 bits per heavy atom. The minimum atomic E-state index is -0.116. The highest BCUT2D eigenvalue weighted by molar-refractivity contribution is 5.08. The Bertz CT molecular complexity index is 303. The van der Waals surface area contributed by atoms with Crippen molar-refractivity contribution >= 4 is 0 Å². The summed E-state index contributed by atoms with van der Waals surface area (Å²) in [6.07, 6.45) is 3.00. The van der Waals surface area contributed by atoms with Crippen molar-refractivity contribution in [2.24, 2.45) is 0 Å². The van der Waals surface area contributed by atoms with E-state index in [-0.39, 0.29) is 5.56 Å². The first kappa shape index (κ1) is 6.54. The van der Waals surface area contributed by atoms with Crippen LogP contribution in [-0.2, 0) is 0 Å². The summed E-state index contributed by atoms with van der Waals surface area (Å²) in [7, 11) is 0. The number of aromatic amines is 1. The molecule has 4 nitrogen and oxygen atoms in total. The standard InChI is InChI=1S/C7H9N3O/c11-7-4-9-3-6(10-7)5-1-8-2-5/h3-5,8H,1-2H2,(H,10,11). The summed E-state index contributed by atoms with van der Waals surface area (Å²) in [5.41, 5.74) is 0.825. The van der Waals surface area contributed by atoms with Crippen LogP contribution in [-0.4, -0.2) is 23.1 Å². The number of H-pyrrole nitrogens is 1. The number of nitrogens with one attached hydrogen (secondary N) is 2. The zero-order chi connectivity index (χ0) is 7.68. The molecular formula is C7H9N3O. The van der Waals surface area contributed by atoms with E-state index in [2.05, 4.69) is 15.3 Å². The molecule has 2 heterocycles. The lowest BCUT2D eigenvalue weighted by Gasteiger charge is -2.26. The lowest BCUT2D eigenvalue weighted by molar-refractivity contribution is 0.438. The van der Waals surface area contributed by atoms with Gasteiger partial charge in [-0.05, 0) is 0 Å². The molecule has 0 radical (unpaired) electrons. The van der Waals surface area contributed by atoms with Crippen LogP contribution in [0.25, 0.3) is 0 Å². The van der Waals surface area contributed by atoms with E-state index < -0.39 is 0 Å². The molecule has 0 unspecified atom stereocenters. The molecule has 58 valence electrons. The van der Waals surface area contributed by atoms with Crippen molar-refractivity contribution in [3.63, 3.8) is 0 Å². The predicted octanol–water partition coefficient (Wildman–Crippen LogP) is -0.543. The average molecular weight is 151 g/mol. The molecule has 1 aromatic rings. The van der Waals surface area contributed by atoms with Crippen molar-refractivity contribution in [3.8, 4) is 0 Å². The summed E-state index contributed by atoms with van der Waals surface area (Å²) in [6, 6.07) is 0. The zero-order valence-electron chi connectivity index (χ0n) is 6.00. The van der Waals surface area contributed by atoms with E-state index in [0.29, 0.717) is 5.92 Å². The number of hydrogen-bond acceptors (Lipinski definition) is 3. The highest BCUT2D eigenvalue weighted by Crippen LogP contribution is 2.14. The summed E-state index contributed by atoms with van der Waals surface area (Å²) in [5.74, 6) is 0.455. The molecule has 1 aliphatic rings. The largest absolute Gasteiger partial charge is 0.323 e. The number of aromatic nitrogens is 2. The molecule has 1 saturated heterocycles. The molecule has 0 amide bonds. The Hall–Kier alpha value is -1.16. The van der Waals surface area contributed by atoms with Crippen LogP contribution >= 0.6 is 0 Å². The minimum absolute atomic E-state index is 0.116. The van der Waals surface area contributed by atoms with Crippen LogP contribution in [0.3, 0.4) is 0 Å². The third kappa shape index (κ3) is 1.17. The van der Waals surface area contributed by atoms with Gasteiger partial charge in [-0.2, -0.15) is 0 Å². The molecule has 0 aromatic carbocycles. The number of rotatable bonds is 1. The van der Waals surface area contributed by atoms with Crippen molar-refractivity contribution in [3.05, 3.63) is 28.4 Å². The molecule has 0 spiro atoms. The van der Waals surface area contributed by atoms with Crippen LogP contribution in [0.1, 0.15) is 11.6 Å². The number of nitrogens with zero attached hydrogens (tertiary/aromatic N) is 1. The molecule has 4 heteroatoms. The van der Waals surface area contributed by atoms with Crippen LogP contribution in [0.2, 0.25) is 0 Å². The molecule has 2 N–H and O–H groups in total. The maximum Gasteiger partial charge on any atom is 0.266 e. The van der Waals surface area contributed by atoms with Gasteiger partial charge in [-0.3, -0.25) is 9.78 Å². The molecule has 1 aromatic heterocycles. The van der Waals surface area contributed by atoms with Crippen LogP contribution in [0.15, 0.2) is 17.2 Å². The first-order valence-electron chi connectivity index (χ1n) is 3.61. The minimum Gasteiger partial charge on any atom is -0.323 e. The van der Waals surface area contributed by atoms with Gasteiger partial charge >= 0.3 is 0 Å². The Morgan fingerprint density at radius 2 is 2.27 bits per heavy atom. The SMILES string of the molecule is O=c1cncc(C2CNC2)[nH]1. The first-order chi connectivity index (χ1) is 5.36. The molecule has 0 bridgehead atoms. The second-order valence-corrected chi connectivity index (χ2v) is 2.71. The molecule has 1 aliphatic heterocycles. The van der Waals surface area contributed by atoms with Gasteiger partial charge in [0.2, 0.25) is 0 Å². The average Bonchev–Trinajstić information content (AvgIpc) is 1.83. The number of hydrogen-bond donors (Lipinski definition) is 2. The Kier molecular flexibility index (Phi) is 1.47. The highest BCUT2D eigenvalue weighted by atomic mass is 16.1. The van der Waals surface area contributed by atoms with Crippen LogP contribution < -0.4 is 10.9 Å². The van der Waals surface area contributed by atoms with E-state index in [1.54, 1.807) is 6.20 Å². The van der Waals surface area contributed by atoms with E-state index in [9.17, 15) is 4.79 Å². The zero-order valence-corrected chi connectivity index (χ0v) is 6.00. The van der Waals surface area contributed by atoms with Gasteiger partial charge in [0.1, 0.15) is 0 Å². The summed E-state index contributed by atoms with van der Waals surface area (Å²) in [4.78, 5) is 17.4. The highest BCUT2D eigenvalue weighted by Gasteiger charge is 2.19. The summed E-state index contributed by atoms with van der Waals surface area (Å²) < 4.78 is 0. The maximum atomic E-state index is 10.8. The normalized spacial score (nSPS) is 17.8. The van der Waals surface area contributed by atoms with Gasteiger partial charge in [0.05, 0.1) is 6.20 Å². The van der Waals surface area contributed by atoms with Crippen LogP contribution in [0.5, 0.6) is 0 Å². The van der Waals surface area contributed by atoms with Crippen molar-refractivity contribution in [2.45, 2.75) is 5.92 Å². The van der Waals surface area contributed by atoms with Gasteiger partial charge < -0.3 is 10.3 Å². The first-order valence-corrected chi connectivity index (χ1v) is 3.61.